The summed E-state index contributed by atoms with van der Waals surface area (Å²) in [5, 5.41) is 3.30. The highest BCUT2D eigenvalue weighted by Gasteiger charge is 2.37. The third kappa shape index (κ3) is 3.11. The van der Waals surface area contributed by atoms with E-state index in [2.05, 4.69) is 36.6 Å². The van der Waals surface area contributed by atoms with Crippen LogP contribution in [0.2, 0.25) is 0 Å². The van der Waals surface area contributed by atoms with Crippen molar-refractivity contribution in [2.24, 2.45) is 17.2 Å². The molecule has 0 saturated heterocycles. The Kier molecular flexibility index (Phi) is 4.41. The molecule has 0 bridgehead atoms. The van der Waals surface area contributed by atoms with Crippen molar-refractivity contribution in [3.63, 3.8) is 0 Å². The molecule has 1 heterocycles. The summed E-state index contributed by atoms with van der Waals surface area (Å²) < 4.78 is 0. The molecule has 3 nitrogen and oxygen atoms in total. The maximum atomic E-state index is 5.80. The van der Waals surface area contributed by atoms with Crippen LogP contribution in [0.15, 0.2) is 5.38 Å². The Morgan fingerprint density at radius 2 is 2.33 bits per heavy atom. The number of hydrazine groups is 1. The van der Waals surface area contributed by atoms with E-state index in [1.165, 1.54) is 31.4 Å². The van der Waals surface area contributed by atoms with E-state index in [0.717, 1.165) is 11.4 Å². The lowest BCUT2D eigenvalue weighted by Crippen LogP contribution is -2.48. The minimum atomic E-state index is 0.349. The molecule has 4 heteroatoms. The Morgan fingerprint density at radius 3 is 2.89 bits per heavy atom. The SMILES string of the molecule is Cc1nc(CC(NN)C2CCCCC2(C)C)cs1. The zero-order valence-corrected chi connectivity index (χ0v) is 12.5. The molecule has 102 valence electrons. The van der Waals surface area contributed by atoms with Crippen LogP contribution < -0.4 is 11.3 Å². The molecule has 1 aromatic heterocycles. The minimum absolute atomic E-state index is 0.349. The van der Waals surface area contributed by atoms with E-state index in [9.17, 15) is 0 Å². The van der Waals surface area contributed by atoms with Gasteiger partial charge in [0, 0.05) is 17.8 Å². The third-order valence-electron chi connectivity index (χ3n) is 4.39. The predicted octanol–water partition coefficient (Wildman–Crippen LogP) is 3.04. The first-order chi connectivity index (χ1) is 8.53. The van der Waals surface area contributed by atoms with E-state index < -0.39 is 0 Å². The smallest absolute Gasteiger partial charge is 0.0897 e. The van der Waals surface area contributed by atoms with Gasteiger partial charge in [0.2, 0.25) is 0 Å². The summed E-state index contributed by atoms with van der Waals surface area (Å²) in [6.45, 7) is 6.82. The average Bonchev–Trinajstić information content (AvgIpc) is 2.72. The second-order valence-electron chi connectivity index (χ2n) is 6.18. The number of hydrogen-bond donors (Lipinski definition) is 2. The van der Waals surface area contributed by atoms with Crippen LogP contribution >= 0.6 is 11.3 Å². The van der Waals surface area contributed by atoms with Gasteiger partial charge >= 0.3 is 0 Å². The molecule has 3 N–H and O–H groups in total. The minimum Gasteiger partial charge on any atom is -0.271 e. The normalized spacial score (nSPS) is 25.0. The maximum Gasteiger partial charge on any atom is 0.0897 e. The molecule has 1 saturated carbocycles. The Hall–Kier alpha value is -0.450. The van der Waals surface area contributed by atoms with E-state index in [1.54, 1.807) is 11.3 Å². The van der Waals surface area contributed by atoms with Crippen molar-refractivity contribution in [1.29, 1.82) is 0 Å². The molecule has 18 heavy (non-hydrogen) atoms. The van der Waals surface area contributed by atoms with Crippen LogP contribution in [0.1, 0.15) is 50.2 Å². The van der Waals surface area contributed by atoms with Gasteiger partial charge < -0.3 is 0 Å². The molecule has 2 rings (SSSR count). The first-order valence-electron chi connectivity index (χ1n) is 6.90. The predicted molar refractivity (Wildman–Crippen MR) is 77.4 cm³/mol. The number of aryl methyl sites for hydroxylation is 1. The zero-order chi connectivity index (χ0) is 13.2. The highest BCUT2D eigenvalue weighted by molar-refractivity contribution is 7.09. The van der Waals surface area contributed by atoms with E-state index >= 15 is 0 Å². The lowest BCUT2D eigenvalue weighted by atomic mass is 9.65. The largest absolute Gasteiger partial charge is 0.271 e. The van der Waals surface area contributed by atoms with Crippen molar-refractivity contribution >= 4 is 11.3 Å². The fourth-order valence-corrected chi connectivity index (χ4v) is 3.94. The van der Waals surface area contributed by atoms with Crippen LogP contribution in [0.5, 0.6) is 0 Å². The molecule has 1 aliphatic carbocycles. The third-order valence-corrected chi connectivity index (χ3v) is 5.21. The summed E-state index contributed by atoms with van der Waals surface area (Å²) in [6.07, 6.45) is 6.24. The molecule has 2 unspecified atom stereocenters. The van der Waals surface area contributed by atoms with Gasteiger partial charge in [-0.05, 0) is 31.1 Å². The number of thiazole rings is 1. The zero-order valence-electron chi connectivity index (χ0n) is 11.7. The van der Waals surface area contributed by atoms with Crippen molar-refractivity contribution in [2.75, 3.05) is 0 Å². The molecular formula is C14H25N3S. The molecule has 0 aromatic carbocycles. The van der Waals surface area contributed by atoms with Crippen molar-refractivity contribution in [3.8, 4) is 0 Å². The first kappa shape index (κ1) is 14.0. The van der Waals surface area contributed by atoms with Crippen LogP contribution in [-0.4, -0.2) is 11.0 Å². The van der Waals surface area contributed by atoms with Gasteiger partial charge in [-0.3, -0.25) is 11.3 Å². The second kappa shape index (κ2) is 5.68. The highest BCUT2D eigenvalue weighted by atomic mass is 32.1. The van der Waals surface area contributed by atoms with Gasteiger partial charge in [-0.25, -0.2) is 4.98 Å². The summed E-state index contributed by atoms with van der Waals surface area (Å²) in [6, 6.07) is 0.349. The lowest BCUT2D eigenvalue weighted by molar-refractivity contribution is 0.0978. The standard InChI is InChI=1S/C14H25N3S/c1-10-16-11(9-18-10)8-13(17-15)12-6-4-5-7-14(12,2)3/h9,12-13,17H,4-8,15H2,1-3H3. The van der Waals surface area contributed by atoms with Crippen molar-refractivity contribution in [3.05, 3.63) is 16.1 Å². The Balaban J connectivity index is 2.07. The summed E-state index contributed by atoms with van der Waals surface area (Å²) >= 11 is 1.72. The van der Waals surface area contributed by atoms with E-state index in [0.29, 0.717) is 17.4 Å². The summed E-state index contributed by atoms with van der Waals surface area (Å²) in [4.78, 5) is 4.56. The van der Waals surface area contributed by atoms with Crippen LogP contribution in [0.3, 0.4) is 0 Å². The molecule has 0 amide bonds. The summed E-state index contributed by atoms with van der Waals surface area (Å²) in [5.74, 6) is 6.46. The fraction of sp³-hybridized carbons (Fsp3) is 0.786. The van der Waals surface area contributed by atoms with Gasteiger partial charge in [0.15, 0.2) is 0 Å². The molecule has 1 aliphatic rings. The number of aromatic nitrogens is 1. The van der Waals surface area contributed by atoms with Crippen LogP contribution in [0.4, 0.5) is 0 Å². The highest BCUT2D eigenvalue weighted by Crippen LogP contribution is 2.42. The summed E-state index contributed by atoms with van der Waals surface area (Å²) in [7, 11) is 0. The van der Waals surface area contributed by atoms with Gasteiger partial charge in [0.05, 0.1) is 10.7 Å². The molecule has 0 spiro atoms. The topological polar surface area (TPSA) is 50.9 Å². The van der Waals surface area contributed by atoms with Crippen molar-refractivity contribution in [1.82, 2.24) is 10.4 Å². The number of rotatable bonds is 4. The Morgan fingerprint density at radius 1 is 1.56 bits per heavy atom. The number of nitrogens with zero attached hydrogens (tertiary/aromatic N) is 1. The maximum absolute atomic E-state index is 5.80. The van der Waals surface area contributed by atoms with Crippen LogP contribution in [0.25, 0.3) is 0 Å². The van der Waals surface area contributed by atoms with Crippen molar-refractivity contribution < 1.29 is 0 Å². The Labute approximate surface area is 114 Å². The quantitative estimate of drug-likeness (QED) is 0.651. The molecule has 0 aliphatic heterocycles. The average molecular weight is 267 g/mol. The van der Waals surface area contributed by atoms with Crippen LogP contribution in [0, 0.1) is 18.3 Å². The molecule has 0 radical (unpaired) electrons. The number of nitrogens with one attached hydrogen (secondary N) is 1. The summed E-state index contributed by atoms with van der Waals surface area (Å²) in [5.41, 5.74) is 4.62. The van der Waals surface area contributed by atoms with Gasteiger partial charge in [0.1, 0.15) is 0 Å². The number of nitrogens with two attached hydrogens (primary N) is 1. The fourth-order valence-electron chi connectivity index (χ4n) is 3.31. The number of hydrogen-bond acceptors (Lipinski definition) is 4. The lowest BCUT2D eigenvalue weighted by Gasteiger charge is -2.43. The first-order valence-corrected chi connectivity index (χ1v) is 7.78. The molecule has 2 atom stereocenters. The molecular weight excluding hydrogens is 242 g/mol. The van der Waals surface area contributed by atoms with Crippen molar-refractivity contribution in [2.45, 2.75) is 58.9 Å². The van der Waals surface area contributed by atoms with E-state index in [-0.39, 0.29) is 0 Å². The Bertz CT molecular complexity index is 386. The molecule has 1 fully saturated rings. The van der Waals surface area contributed by atoms with Gasteiger partial charge in [0.25, 0.3) is 0 Å². The monoisotopic (exact) mass is 267 g/mol. The van der Waals surface area contributed by atoms with E-state index in [1.807, 2.05) is 0 Å². The second-order valence-corrected chi connectivity index (χ2v) is 7.24. The van der Waals surface area contributed by atoms with Gasteiger partial charge in [-0.2, -0.15) is 0 Å². The molecule has 1 aromatic rings. The van der Waals surface area contributed by atoms with Crippen LogP contribution in [-0.2, 0) is 6.42 Å². The van der Waals surface area contributed by atoms with Gasteiger partial charge in [-0.1, -0.05) is 26.7 Å². The van der Waals surface area contributed by atoms with E-state index in [4.69, 9.17) is 5.84 Å². The van der Waals surface area contributed by atoms with Gasteiger partial charge in [-0.15, -0.1) is 11.3 Å².